The molecule has 4 nitrogen and oxygen atoms in total. The Balaban J connectivity index is 2.25. The van der Waals surface area contributed by atoms with Gasteiger partial charge in [0.25, 0.3) is 5.91 Å². The van der Waals surface area contributed by atoms with Crippen molar-refractivity contribution in [2.24, 2.45) is 0 Å². The zero-order chi connectivity index (χ0) is 13.8. The van der Waals surface area contributed by atoms with Crippen LogP contribution in [0.25, 0.3) is 0 Å². The van der Waals surface area contributed by atoms with E-state index in [4.69, 9.17) is 16.9 Å². The predicted octanol–water partition coefficient (Wildman–Crippen LogP) is 3.00. The minimum Gasteiger partial charge on any atom is -0.321 e. The highest BCUT2D eigenvalue weighted by atomic mass is 35.5. The number of carbonyl (C=O) groups is 1. The molecule has 0 aliphatic heterocycles. The summed E-state index contributed by atoms with van der Waals surface area (Å²) in [6.45, 7) is 0. The number of rotatable bonds is 2. The first-order chi connectivity index (χ1) is 9.11. The standard InChI is InChI=1S/C13H7ClFN3O/c14-10-5-8(6-16)1-2-12(10)18-13(19)9-3-4-17-7-11(9)15/h1-5,7H,(H,18,19). The Morgan fingerprint density at radius 1 is 1.42 bits per heavy atom. The van der Waals surface area contributed by atoms with Crippen LogP contribution < -0.4 is 5.32 Å². The Kier molecular flexibility index (Phi) is 3.74. The summed E-state index contributed by atoms with van der Waals surface area (Å²) in [5, 5.41) is 11.4. The monoisotopic (exact) mass is 275 g/mol. The molecule has 0 aliphatic carbocycles. The van der Waals surface area contributed by atoms with Crippen molar-refractivity contribution in [3.8, 4) is 6.07 Å². The van der Waals surface area contributed by atoms with Crippen molar-refractivity contribution in [3.05, 3.63) is 58.6 Å². The summed E-state index contributed by atoms with van der Waals surface area (Å²) in [6, 6.07) is 7.59. The lowest BCUT2D eigenvalue weighted by atomic mass is 10.2. The van der Waals surface area contributed by atoms with Crippen LogP contribution in [-0.2, 0) is 0 Å². The smallest absolute Gasteiger partial charge is 0.258 e. The maximum Gasteiger partial charge on any atom is 0.258 e. The fraction of sp³-hybridized carbons (Fsp3) is 0. The Hall–Kier alpha value is -2.45. The van der Waals surface area contributed by atoms with Crippen molar-refractivity contribution in [2.45, 2.75) is 0 Å². The normalized spacial score (nSPS) is 9.74. The lowest BCUT2D eigenvalue weighted by molar-refractivity contribution is 0.102. The van der Waals surface area contributed by atoms with Gasteiger partial charge in [-0.1, -0.05) is 11.6 Å². The summed E-state index contributed by atoms with van der Waals surface area (Å²) < 4.78 is 13.4. The molecule has 1 aromatic carbocycles. The third-order valence-electron chi connectivity index (χ3n) is 2.36. The number of aromatic nitrogens is 1. The molecule has 2 aromatic rings. The summed E-state index contributed by atoms with van der Waals surface area (Å²) in [5.74, 6) is -1.35. The Labute approximate surface area is 113 Å². The molecule has 19 heavy (non-hydrogen) atoms. The summed E-state index contributed by atoms with van der Waals surface area (Å²) >= 11 is 5.91. The van der Waals surface area contributed by atoms with E-state index in [9.17, 15) is 9.18 Å². The van der Waals surface area contributed by atoms with Gasteiger partial charge in [0.05, 0.1) is 34.1 Å². The number of halogens is 2. The molecule has 0 unspecified atom stereocenters. The molecule has 0 spiro atoms. The Morgan fingerprint density at radius 2 is 2.21 bits per heavy atom. The van der Waals surface area contributed by atoms with Crippen molar-refractivity contribution < 1.29 is 9.18 Å². The van der Waals surface area contributed by atoms with Gasteiger partial charge in [-0.2, -0.15) is 5.26 Å². The SMILES string of the molecule is N#Cc1ccc(NC(=O)c2ccncc2F)c(Cl)c1. The highest BCUT2D eigenvalue weighted by molar-refractivity contribution is 6.34. The van der Waals surface area contributed by atoms with Gasteiger partial charge >= 0.3 is 0 Å². The highest BCUT2D eigenvalue weighted by Crippen LogP contribution is 2.23. The zero-order valence-corrected chi connectivity index (χ0v) is 10.3. The molecule has 1 amide bonds. The largest absolute Gasteiger partial charge is 0.321 e. The molecule has 0 saturated carbocycles. The van der Waals surface area contributed by atoms with Gasteiger partial charge in [-0.15, -0.1) is 0 Å². The van der Waals surface area contributed by atoms with E-state index in [2.05, 4.69) is 10.3 Å². The first-order valence-electron chi connectivity index (χ1n) is 5.22. The van der Waals surface area contributed by atoms with E-state index in [0.717, 1.165) is 6.20 Å². The lowest BCUT2D eigenvalue weighted by Crippen LogP contribution is -2.14. The second kappa shape index (κ2) is 5.46. The first kappa shape index (κ1) is 13.0. The van der Waals surface area contributed by atoms with E-state index in [-0.39, 0.29) is 10.6 Å². The quantitative estimate of drug-likeness (QED) is 0.916. The number of nitriles is 1. The predicted molar refractivity (Wildman–Crippen MR) is 68.3 cm³/mol. The van der Waals surface area contributed by atoms with Crippen LogP contribution in [0.2, 0.25) is 5.02 Å². The molecule has 0 fully saturated rings. The minimum atomic E-state index is -0.718. The Morgan fingerprint density at radius 3 is 2.84 bits per heavy atom. The topological polar surface area (TPSA) is 65.8 Å². The number of hydrogen-bond acceptors (Lipinski definition) is 3. The van der Waals surface area contributed by atoms with Crippen LogP contribution in [-0.4, -0.2) is 10.9 Å². The summed E-state index contributed by atoms with van der Waals surface area (Å²) in [5.41, 5.74) is 0.551. The summed E-state index contributed by atoms with van der Waals surface area (Å²) in [4.78, 5) is 15.4. The fourth-order valence-electron chi connectivity index (χ4n) is 1.44. The molecular formula is C13H7ClFN3O. The van der Waals surface area contributed by atoms with Crippen molar-refractivity contribution in [1.82, 2.24) is 4.98 Å². The van der Waals surface area contributed by atoms with Crippen molar-refractivity contribution >= 4 is 23.2 Å². The molecule has 0 aliphatic rings. The highest BCUT2D eigenvalue weighted by Gasteiger charge is 2.13. The van der Waals surface area contributed by atoms with E-state index in [1.165, 1.54) is 30.5 Å². The zero-order valence-electron chi connectivity index (χ0n) is 9.52. The molecule has 0 saturated heterocycles. The van der Waals surface area contributed by atoms with Gasteiger partial charge in [-0.3, -0.25) is 9.78 Å². The second-order valence-electron chi connectivity index (χ2n) is 3.62. The van der Waals surface area contributed by atoms with Crippen molar-refractivity contribution in [1.29, 1.82) is 5.26 Å². The maximum atomic E-state index is 13.4. The van der Waals surface area contributed by atoms with E-state index in [1.807, 2.05) is 6.07 Å². The van der Waals surface area contributed by atoms with Crippen LogP contribution >= 0.6 is 11.6 Å². The van der Waals surface area contributed by atoms with Gasteiger partial charge in [0, 0.05) is 6.20 Å². The summed E-state index contributed by atoms with van der Waals surface area (Å²) in [7, 11) is 0. The summed E-state index contributed by atoms with van der Waals surface area (Å²) in [6.07, 6.45) is 2.27. The van der Waals surface area contributed by atoms with Crippen LogP contribution in [0, 0.1) is 17.1 Å². The molecule has 94 valence electrons. The van der Waals surface area contributed by atoms with Gasteiger partial charge in [-0.05, 0) is 24.3 Å². The molecule has 2 rings (SSSR count). The molecule has 1 heterocycles. The number of nitrogens with zero attached hydrogens (tertiary/aromatic N) is 2. The molecule has 0 atom stereocenters. The van der Waals surface area contributed by atoms with Gasteiger partial charge in [-0.25, -0.2) is 4.39 Å². The van der Waals surface area contributed by atoms with Crippen molar-refractivity contribution in [3.63, 3.8) is 0 Å². The number of hydrogen-bond donors (Lipinski definition) is 1. The molecule has 0 bridgehead atoms. The first-order valence-corrected chi connectivity index (χ1v) is 5.60. The number of anilines is 1. The molecule has 6 heteroatoms. The minimum absolute atomic E-state index is 0.129. The molecule has 1 aromatic heterocycles. The van der Waals surface area contributed by atoms with E-state index in [0.29, 0.717) is 11.3 Å². The van der Waals surface area contributed by atoms with Gasteiger partial charge < -0.3 is 5.32 Å². The van der Waals surface area contributed by atoms with Crippen LogP contribution in [0.3, 0.4) is 0 Å². The third-order valence-corrected chi connectivity index (χ3v) is 2.68. The van der Waals surface area contributed by atoms with Crippen LogP contribution in [0.5, 0.6) is 0 Å². The molecule has 0 radical (unpaired) electrons. The van der Waals surface area contributed by atoms with E-state index < -0.39 is 11.7 Å². The van der Waals surface area contributed by atoms with Gasteiger partial charge in [0.15, 0.2) is 5.82 Å². The fourth-order valence-corrected chi connectivity index (χ4v) is 1.66. The second-order valence-corrected chi connectivity index (χ2v) is 4.02. The molecule has 1 N–H and O–H groups in total. The number of amides is 1. The number of benzene rings is 1. The van der Waals surface area contributed by atoms with Gasteiger partial charge in [0.1, 0.15) is 0 Å². The number of nitrogens with one attached hydrogen (secondary N) is 1. The van der Waals surface area contributed by atoms with Crippen LogP contribution in [0.1, 0.15) is 15.9 Å². The number of carbonyl (C=O) groups excluding carboxylic acids is 1. The number of pyridine rings is 1. The van der Waals surface area contributed by atoms with E-state index >= 15 is 0 Å². The lowest BCUT2D eigenvalue weighted by Gasteiger charge is -2.07. The van der Waals surface area contributed by atoms with Crippen LogP contribution in [0.4, 0.5) is 10.1 Å². The third kappa shape index (κ3) is 2.87. The van der Waals surface area contributed by atoms with Gasteiger partial charge in [0.2, 0.25) is 0 Å². The average Bonchev–Trinajstić information content (AvgIpc) is 2.41. The maximum absolute atomic E-state index is 13.4. The van der Waals surface area contributed by atoms with Crippen LogP contribution in [0.15, 0.2) is 36.7 Å². The van der Waals surface area contributed by atoms with E-state index in [1.54, 1.807) is 0 Å². The average molecular weight is 276 g/mol. The Bertz CT molecular complexity index is 682. The van der Waals surface area contributed by atoms with Crippen molar-refractivity contribution in [2.75, 3.05) is 5.32 Å². The molecular weight excluding hydrogens is 269 g/mol.